The van der Waals surface area contributed by atoms with E-state index in [1.807, 2.05) is 4.90 Å². The van der Waals surface area contributed by atoms with E-state index in [1.165, 1.54) is 25.3 Å². The summed E-state index contributed by atoms with van der Waals surface area (Å²) in [5.41, 5.74) is 0.440. The summed E-state index contributed by atoms with van der Waals surface area (Å²) in [6.07, 6.45) is 4.89. The van der Waals surface area contributed by atoms with Gasteiger partial charge in [0.05, 0.1) is 4.47 Å². The minimum absolute atomic E-state index is 0.0547. The highest BCUT2D eigenvalue weighted by molar-refractivity contribution is 9.10. The summed E-state index contributed by atoms with van der Waals surface area (Å²) < 4.78 is 14.0. The molecule has 0 radical (unpaired) electrons. The molecule has 1 unspecified atom stereocenters. The molecule has 0 N–H and O–H groups in total. The van der Waals surface area contributed by atoms with Gasteiger partial charge in [-0.15, -0.1) is 0 Å². The third kappa shape index (κ3) is 3.29. The van der Waals surface area contributed by atoms with Crippen LogP contribution in [0.15, 0.2) is 22.7 Å². The fourth-order valence-electron chi connectivity index (χ4n) is 3.32. The smallest absolute Gasteiger partial charge is 0.254 e. The monoisotopic (exact) mass is 354 g/mol. The molecular formula is C16H20BrFN2O. The van der Waals surface area contributed by atoms with Gasteiger partial charge in [0.2, 0.25) is 0 Å². The largest absolute Gasteiger partial charge is 0.337 e. The average molecular weight is 355 g/mol. The van der Waals surface area contributed by atoms with Gasteiger partial charge in [-0.3, -0.25) is 9.69 Å². The van der Waals surface area contributed by atoms with Crippen LogP contribution in [0.2, 0.25) is 0 Å². The SMILES string of the molecule is O=C(c1ccc(Br)c(F)c1)N1CCC(N2CCCCC2)C1. The summed E-state index contributed by atoms with van der Waals surface area (Å²) in [5.74, 6) is -0.437. The lowest BCUT2D eigenvalue weighted by molar-refractivity contribution is 0.0771. The van der Waals surface area contributed by atoms with E-state index < -0.39 is 0 Å². The molecule has 0 bridgehead atoms. The molecule has 1 amide bonds. The van der Waals surface area contributed by atoms with E-state index in [0.29, 0.717) is 16.1 Å². The number of hydrogen-bond donors (Lipinski definition) is 0. The highest BCUT2D eigenvalue weighted by atomic mass is 79.9. The van der Waals surface area contributed by atoms with Crippen LogP contribution in [0.5, 0.6) is 0 Å². The third-order valence-electron chi connectivity index (χ3n) is 4.52. The topological polar surface area (TPSA) is 23.6 Å². The molecule has 0 spiro atoms. The highest BCUT2D eigenvalue weighted by Crippen LogP contribution is 2.23. The van der Waals surface area contributed by atoms with Crippen molar-refractivity contribution >= 4 is 21.8 Å². The maximum atomic E-state index is 13.6. The number of nitrogens with zero attached hydrogens (tertiary/aromatic N) is 2. The molecule has 2 saturated heterocycles. The van der Waals surface area contributed by atoms with Crippen LogP contribution in [0.4, 0.5) is 4.39 Å². The van der Waals surface area contributed by atoms with Crippen molar-refractivity contribution in [3.05, 3.63) is 34.1 Å². The van der Waals surface area contributed by atoms with Crippen molar-refractivity contribution in [3.63, 3.8) is 0 Å². The Kier molecular flexibility index (Phi) is 4.60. The van der Waals surface area contributed by atoms with Gasteiger partial charge in [0, 0.05) is 24.7 Å². The summed E-state index contributed by atoms with van der Waals surface area (Å²) in [5, 5.41) is 0. The molecule has 21 heavy (non-hydrogen) atoms. The van der Waals surface area contributed by atoms with E-state index >= 15 is 0 Å². The molecule has 1 aromatic carbocycles. The van der Waals surface area contributed by atoms with Crippen LogP contribution >= 0.6 is 15.9 Å². The Bertz CT molecular complexity index is 531. The van der Waals surface area contributed by atoms with Crippen molar-refractivity contribution in [2.45, 2.75) is 31.7 Å². The molecule has 2 heterocycles. The Labute approximate surface area is 133 Å². The average Bonchev–Trinajstić information content (AvgIpc) is 3.00. The summed E-state index contributed by atoms with van der Waals surface area (Å²) in [6.45, 7) is 3.85. The third-order valence-corrected chi connectivity index (χ3v) is 5.17. The molecule has 1 aromatic rings. The number of likely N-dealkylation sites (tertiary alicyclic amines) is 2. The van der Waals surface area contributed by atoms with Crippen LogP contribution in [-0.4, -0.2) is 47.9 Å². The van der Waals surface area contributed by atoms with E-state index in [1.54, 1.807) is 12.1 Å². The Morgan fingerprint density at radius 2 is 1.95 bits per heavy atom. The number of carbonyl (C=O) groups excluding carboxylic acids is 1. The molecule has 3 rings (SSSR count). The Morgan fingerprint density at radius 1 is 1.19 bits per heavy atom. The molecule has 0 aromatic heterocycles. The minimum Gasteiger partial charge on any atom is -0.337 e. The number of piperidine rings is 1. The zero-order chi connectivity index (χ0) is 14.8. The molecule has 2 aliphatic rings. The van der Waals surface area contributed by atoms with Gasteiger partial charge in [0.25, 0.3) is 5.91 Å². The van der Waals surface area contributed by atoms with Crippen LogP contribution < -0.4 is 0 Å². The standard InChI is InChI=1S/C16H20BrFN2O/c17-14-5-4-12(10-15(14)18)16(21)20-9-6-13(11-20)19-7-2-1-3-8-19/h4-5,10,13H,1-3,6-9,11H2. The number of hydrogen-bond acceptors (Lipinski definition) is 2. The van der Waals surface area contributed by atoms with Gasteiger partial charge in [-0.25, -0.2) is 4.39 Å². The molecule has 0 saturated carbocycles. The summed E-state index contributed by atoms with van der Waals surface area (Å²) in [7, 11) is 0. The molecular weight excluding hydrogens is 335 g/mol. The molecule has 114 valence electrons. The quantitative estimate of drug-likeness (QED) is 0.813. The van der Waals surface area contributed by atoms with Crippen LogP contribution in [0.25, 0.3) is 0 Å². The first-order chi connectivity index (χ1) is 10.1. The van der Waals surface area contributed by atoms with E-state index in [4.69, 9.17) is 0 Å². The van der Waals surface area contributed by atoms with Crippen molar-refractivity contribution < 1.29 is 9.18 Å². The second-order valence-electron chi connectivity index (χ2n) is 5.92. The maximum Gasteiger partial charge on any atom is 0.254 e. The number of halogens is 2. The summed E-state index contributed by atoms with van der Waals surface area (Å²) >= 11 is 3.12. The lowest BCUT2D eigenvalue weighted by Crippen LogP contribution is -2.41. The zero-order valence-corrected chi connectivity index (χ0v) is 13.6. The van der Waals surface area contributed by atoms with Crippen LogP contribution in [-0.2, 0) is 0 Å². The predicted octanol–water partition coefficient (Wildman–Crippen LogP) is 3.29. The van der Waals surface area contributed by atoms with Crippen LogP contribution in [0.1, 0.15) is 36.0 Å². The first-order valence-corrected chi connectivity index (χ1v) is 8.43. The molecule has 2 aliphatic heterocycles. The number of amides is 1. The number of benzene rings is 1. The Morgan fingerprint density at radius 3 is 2.67 bits per heavy atom. The molecule has 2 fully saturated rings. The van der Waals surface area contributed by atoms with Gasteiger partial charge in [0.15, 0.2) is 0 Å². The van der Waals surface area contributed by atoms with Crippen molar-refractivity contribution in [2.24, 2.45) is 0 Å². The van der Waals surface area contributed by atoms with Crippen molar-refractivity contribution in [1.29, 1.82) is 0 Å². The van der Waals surface area contributed by atoms with Gasteiger partial charge in [-0.05, 0) is 66.5 Å². The van der Waals surface area contributed by atoms with Gasteiger partial charge < -0.3 is 4.90 Å². The van der Waals surface area contributed by atoms with Crippen molar-refractivity contribution in [1.82, 2.24) is 9.80 Å². The predicted molar refractivity (Wildman–Crippen MR) is 83.8 cm³/mol. The van der Waals surface area contributed by atoms with E-state index in [-0.39, 0.29) is 11.7 Å². The fraction of sp³-hybridized carbons (Fsp3) is 0.562. The molecule has 0 aliphatic carbocycles. The second kappa shape index (κ2) is 6.44. The lowest BCUT2D eigenvalue weighted by atomic mass is 10.1. The number of rotatable bonds is 2. The van der Waals surface area contributed by atoms with Crippen molar-refractivity contribution in [3.8, 4) is 0 Å². The van der Waals surface area contributed by atoms with Crippen LogP contribution in [0, 0.1) is 5.82 Å². The second-order valence-corrected chi connectivity index (χ2v) is 6.77. The van der Waals surface area contributed by atoms with Crippen LogP contribution in [0.3, 0.4) is 0 Å². The minimum atomic E-state index is -0.382. The van der Waals surface area contributed by atoms with E-state index in [0.717, 1.165) is 32.6 Å². The highest BCUT2D eigenvalue weighted by Gasteiger charge is 2.31. The van der Waals surface area contributed by atoms with Gasteiger partial charge in [-0.2, -0.15) is 0 Å². The first-order valence-electron chi connectivity index (χ1n) is 7.63. The summed E-state index contributed by atoms with van der Waals surface area (Å²) in [6, 6.07) is 5.08. The first kappa shape index (κ1) is 15.0. The summed E-state index contributed by atoms with van der Waals surface area (Å²) in [4.78, 5) is 16.8. The van der Waals surface area contributed by atoms with Gasteiger partial charge in [-0.1, -0.05) is 6.42 Å². The van der Waals surface area contributed by atoms with Gasteiger partial charge >= 0.3 is 0 Å². The van der Waals surface area contributed by atoms with E-state index in [2.05, 4.69) is 20.8 Å². The fourth-order valence-corrected chi connectivity index (χ4v) is 3.57. The van der Waals surface area contributed by atoms with Crippen molar-refractivity contribution in [2.75, 3.05) is 26.2 Å². The Balaban J connectivity index is 1.64. The lowest BCUT2D eigenvalue weighted by Gasteiger charge is -2.32. The molecule has 5 heteroatoms. The maximum absolute atomic E-state index is 13.6. The van der Waals surface area contributed by atoms with E-state index in [9.17, 15) is 9.18 Å². The Hall–Kier alpha value is -0.940. The van der Waals surface area contributed by atoms with Gasteiger partial charge in [0.1, 0.15) is 5.82 Å². The molecule has 3 nitrogen and oxygen atoms in total. The normalized spacial score (nSPS) is 23.5. The zero-order valence-electron chi connectivity index (χ0n) is 12.0. The number of carbonyl (C=O) groups is 1. The molecule has 1 atom stereocenters.